The molecule has 0 aromatic heterocycles. The smallest absolute Gasteiger partial charge is 0.261 e. The Labute approximate surface area is 177 Å². The summed E-state index contributed by atoms with van der Waals surface area (Å²) in [5.41, 5.74) is 2.33. The van der Waals surface area contributed by atoms with E-state index in [0.717, 1.165) is 16.9 Å². The average molecular weight is 425 g/mol. The van der Waals surface area contributed by atoms with Crippen LogP contribution in [0.25, 0.3) is 0 Å². The zero-order valence-corrected chi connectivity index (χ0v) is 17.9. The number of nitrogens with one attached hydrogen (secondary N) is 2. The quantitative estimate of drug-likeness (QED) is 0.592. The number of carbonyl (C=O) groups is 1. The Kier molecular flexibility index (Phi) is 6.42. The highest BCUT2D eigenvalue weighted by Gasteiger charge is 2.19. The molecule has 0 aliphatic rings. The van der Waals surface area contributed by atoms with Crippen LogP contribution in [0.4, 0.5) is 5.69 Å². The molecule has 1 amide bonds. The Bertz CT molecular complexity index is 1120. The van der Waals surface area contributed by atoms with Gasteiger partial charge in [0, 0.05) is 0 Å². The highest BCUT2D eigenvalue weighted by atomic mass is 32.2. The first-order valence-electron chi connectivity index (χ1n) is 9.43. The van der Waals surface area contributed by atoms with E-state index in [-0.39, 0.29) is 28.1 Å². The van der Waals surface area contributed by atoms with Crippen LogP contribution in [-0.2, 0) is 10.0 Å². The van der Waals surface area contributed by atoms with Crippen LogP contribution in [0.1, 0.15) is 34.5 Å². The number of hydrogen-bond acceptors (Lipinski definition) is 4. The summed E-state index contributed by atoms with van der Waals surface area (Å²) in [6.07, 6.45) is 0. The van der Waals surface area contributed by atoms with Crippen molar-refractivity contribution in [1.29, 1.82) is 0 Å². The maximum atomic E-state index is 12.9. The lowest BCUT2D eigenvalue weighted by molar-refractivity contribution is 0.0941. The van der Waals surface area contributed by atoms with Gasteiger partial charge in [0.25, 0.3) is 15.9 Å². The minimum absolute atomic E-state index is 0.134. The van der Waals surface area contributed by atoms with Gasteiger partial charge < -0.3 is 10.1 Å². The molecule has 0 heterocycles. The number of carbonyl (C=O) groups excluding carboxylic acids is 1. The molecule has 30 heavy (non-hydrogen) atoms. The molecule has 0 aliphatic carbocycles. The maximum absolute atomic E-state index is 12.9. The van der Waals surface area contributed by atoms with Crippen LogP contribution in [0.15, 0.2) is 77.7 Å². The van der Waals surface area contributed by atoms with Crippen LogP contribution in [-0.4, -0.2) is 21.4 Å². The fourth-order valence-electron chi connectivity index (χ4n) is 2.94. The van der Waals surface area contributed by atoms with Gasteiger partial charge in [0.05, 0.1) is 29.3 Å². The minimum atomic E-state index is -3.82. The summed E-state index contributed by atoms with van der Waals surface area (Å²) < 4.78 is 33.2. The Morgan fingerprint density at radius 1 is 0.933 bits per heavy atom. The summed E-state index contributed by atoms with van der Waals surface area (Å²) in [7, 11) is -2.23. The lowest BCUT2D eigenvalue weighted by atomic mass is 10.1. The van der Waals surface area contributed by atoms with Crippen molar-refractivity contribution in [2.24, 2.45) is 0 Å². The summed E-state index contributed by atoms with van der Waals surface area (Å²) in [5.74, 6) is 0.355. The van der Waals surface area contributed by atoms with Crippen molar-refractivity contribution in [1.82, 2.24) is 5.32 Å². The van der Waals surface area contributed by atoms with Gasteiger partial charge in [-0.15, -0.1) is 0 Å². The van der Waals surface area contributed by atoms with Gasteiger partial charge in [0.2, 0.25) is 0 Å². The highest BCUT2D eigenvalue weighted by molar-refractivity contribution is 7.92. The largest absolute Gasteiger partial charge is 0.497 e. The molecule has 0 bridgehead atoms. The van der Waals surface area contributed by atoms with E-state index in [9.17, 15) is 13.2 Å². The summed E-state index contributed by atoms with van der Waals surface area (Å²) in [5, 5.41) is 2.91. The van der Waals surface area contributed by atoms with Gasteiger partial charge >= 0.3 is 0 Å². The third-order valence-electron chi connectivity index (χ3n) is 4.71. The fourth-order valence-corrected chi connectivity index (χ4v) is 4.02. The van der Waals surface area contributed by atoms with E-state index in [1.165, 1.54) is 12.1 Å². The van der Waals surface area contributed by atoms with Crippen molar-refractivity contribution in [3.8, 4) is 5.75 Å². The number of sulfonamides is 1. The number of methoxy groups -OCH3 is 1. The number of benzene rings is 3. The Morgan fingerprint density at radius 2 is 1.57 bits per heavy atom. The van der Waals surface area contributed by atoms with E-state index < -0.39 is 10.0 Å². The van der Waals surface area contributed by atoms with Crippen molar-refractivity contribution in [3.63, 3.8) is 0 Å². The number of amides is 1. The summed E-state index contributed by atoms with van der Waals surface area (Å²) in [6, 6.07) is 20.2. The van der Waals surface area contributed by atoms with Crippen molar-refractivity contribution < 1.29 is 17.9 Å². The van der Waals surface area contributed by atoms with E-state index in [1.807, 2.05) is 38.1 Å². The van der Waals surface area contributed by atoms with Gasteiger partial charge in [-0.1, -0.05) is 42.0 Å². The molecule has 156 valence electrons. The first kappa shape index (κ1) is 21.4. The molecule has 7 heteroatoms. The number of para-hydroxylation sites is 1. The monoisotopic (exact) mass is 424 g/mol. The molecule has 2 N–H and O–H groups in total. The molecular formula is C23H24N2O4S. The van der Waals surface area contributed by atoms with Crippen molar-refractivity contribution in [2.45, 2.75) is 24.8 Å². The minimum Gasteiger partial charge on any atom is -0.497 e. The molecular weight excluding hydrogens is 400 g/mol. The SMILES string of the molecule is COc1ccc(C(C)NC(=O)c2ccccc2NS(=O)(=O)c2ccc(C)cc2)cc1. The second kappa shape index (κ2) is 9.00. The Morgan fingerprint density at radius 3 is 2.20 bits per heavy atom. The second-order valence-electron chi connectivity index (χ2n) is 6.93. The molecule has 0 aliphatic heterocycles. The maximum Gasteiger partial charge on any atom is 0.261 e. The van der Waals surface area contributed by atoms with Crippen molar-refractivity contribution in [2.75, 3.05) is 11.8 Å². The van der Waals surface area contributed by atoms with E-state index in [1.54, 1.807) is 43.5 Å². The highest BCUT2D eigenvalue weighted by Crippen LogP contribution is 2.22. The van der Waals surface area contributed by atoms with Gasteiger partial charge in [-0.2, -0.15) is 0 Å². The molecule has 0 spiro atoms. The van der Waals surface area contributed by atoms with Gasteiger partial charge in [0.15, 0.2) is 0 Å². The van der Waals surface area contributed by atoms with Gasteiger partial charge in [-0.05, 0) is 55.8 Å². The van der Waals surface area contributed by atoms with Gasteiger partial charge in [-0.3, -0.25) is 9.52 Å². The molecule has 3 rings (SSSR count). The van der Waals surface area contributed by atoms with Gasteiger partial charge in [0.1, 0.15) is 5.75 Å². The van der Waals surface area contributed by atoms with Crippen molar-refractivity contribution in [3.05, 3.63) is 89.5 Å². The molecule has 0 saturated carbocycles. The number of hydrogen-bond donors (Lipinski definition) is 2. The summed E-state index contributed by atoms with van der Waals surface area (Å²) in [4.78, 5) is 13.0. The molecule has 6 nitrogen and oxygen atoms in total. The summed E-state index contributed by atoms with van der Waals surface area (Å²) in [6.45, 7) is 3.74. The van der Waals surface area contributed by atoms with Crippen LogP contribution >= 0.6 is 0 Å². The van der Waals surface area contributed by atoms with Crippen LogP contribution < -0.4 is 14.8 Å². The molecule has 3 aromatic rings. The molecule has 0 radical (unpaired) electrons. The molecule has 1 atom stereocenters. The lowest BCUT2D eigenvalue weighted by Crippen LogP contribution is -2.28. The van der Waals surface area contributed by atoms with Crippen LogP contribution in [0.2, 0.25) is 0 Å². The number of ether oxygens (including phenoxy) is 1. The molecule has 3 aromatic carbocycles. The first-order valence-corrected chi connectivity index (χ1v) is 10.9. The van der Waals surface area contributed by atoms with Crippen molar-refractivity contribution >= 4 is 21.6 Å². The number of anilines is 1. The second-order valence-corrected chi connectivity index (χ2v) is 8.61. The average Bonchev–Trinajstić information content (AvgIpc) is 2.74. The topological polar surface area (TPSA) is 84.5 Å². The first-order chi connectivity index (χ1) is 14.3. The number of rotatable bonds is 7. The normalized spacial score (nSPS) is 12.1. The summed E-state index contributed by atoms with van der Waals surface area (Å²) >= 11 is 0. The predicted molar refractivity (Wildman–Crippen MR) is 117 cm³/mol. The zero-order valence-electron chi connectivity index (χ0n) is 17.0. The van der Waals surface area contributed by atoms with E-state index >= 15 is 0 Å². The number of aryl methyl sites for hydroxylation is 1. The van der Waals surface area contributed by atoms with E-state index in [2.05, 4.69) is 10.0 Å². The van der Waals surface area contributed by atoms with Gasteiger partial charge in [-0.25, -0.2) is 8.42 Å². The van der Waals surface area contributed by atoms with Crippen LogP contribution in [0, 0.1) is 6.92 Å². The molecule has 0 saturated heterocycles. The van der Waals surface area contributed by atoms with E-state index in [4.69, 9.17) is 4.74 Å². The standard InChI is InChI=1S/C23H24N2O4S/c1-16-8-14-20(15-9-16)30(27,28)25-22-7-5-4-6-21(22)23(26)24-17(2)18-10-12-19(29-3)13-11-18/h4-15,17,25H,1-3H3,(H,24,26). The Balaban J connectivity index is 1.80. The third kappa shape index (κ3) is 4.99. The third-order valence-corrected chi connectivity index (χ3v) is 6.09. The molecule has 1 unspecified atom stereocenters. The van der Waals surface area contributed by atoms with Crippen LogP contribution in [0.3, 0.4) is 0 Å². The van der Waals surface area contributed by atoms with E-state index in [0.29, 0.717) is 0 Å². The zero-order chi connectivity index (χ0) is 21.7. The lowest BCUT2D eigenvalue weighted by Gasteiger charge is -2.17. The molecule has 0 fully saturated rings. The van der Waals surface area contributed by atoms with Crippen LogP contribution in [0.5, 0.6) is 5.75 Å². The predicted octanol–water partition coefficient (Wildman–Crippen LogP) is 4.30. The fraction of sp³-hybridized carbons (Fsp3) is 0.174. The Hall–Kier alpha value is -3.32.